The van der Waals surface area contributed by atoms with E-state index in [1.807, 2.05) is 13.8 Å². The van der Waals surface area contributed by atoms with Gasteiger partial charge in [-0.25, -0.2) is 0 Å². The average molecular weight is 239 g/mol. The van der Waals surface area contributed by atoms with E-state index in [-0.39, 0.29) is 17.4 Å². The van der Waals surface area contributed by atoms with Crippen LogP contribution < -0.4 is 5.32 Å². The molecule has 7 nitrogen and oxygen atoms in total. The predicted octanol–water partition coefficient (Wildman–Crippen LogP) is 2.71. The minimum atomic E-state index is -0.653. The van der Waals surface area contributed by atoms with Crippen LogP contribution >= 0.6 is 0 Å². The Bertz CT molecular complexity index is 447. The molecule has 1 rings (SSSR count). The fourth-order valence-corrected chi connectivity index (χ4v) is 1.27. The standard InChI is InChI=1S/C10H13N3O4/c1-3-7(2)11-9-5-4-8(12(14)15)6-10(9)13(16)17/h4-7,11H,3H2,1-2H3/t7-/m0/s1. The summed E-state index contributed by atoms with van der Waals surface area (Å²) in [6, 6.07) is 3.64. The van der Waals surface area contributed by atoms with Crippen molar-refractivity contribution in [3.05, 3.63) is 38.4 Å². The van der Waals surface area contributed by atoms with Gasteiger partial charge in [-0.2, -0.15) is 0 Å². The van der Waals surface area contributed by atoms with Gasteiger partial charge in [-0.15, -0.1) is 0 Å². The molecule has 0 aliphatic heterocycles. The number of anilines is 1. The van der Waals surface area contributed by atoms with E-state index in [1.54, 1.807) is 0 Å². The van der Waals surface area contributed by atoms with E-state index in [4.69, 9.17) is 0 Å². The first-order chi connectivity index (χ1) is 7.95. The Morgan fingerprint density at radius 2 is 1.94 bits per heavy atom. The van der Waals surface area contributed by atoms with E-state index >= 15 is 0 Å². The van der Waals surface area contributed by atoms with Gasteiger partial charge in [-0.1, -0.05) is 6.92 Å². The third-order valence-electron chi connectivity index (χ3n) is 2.40. The molecule has 1 N–H and O–H groups in total. The molecule has 1 aromatic carbocycles. The quantitative estimate of drug-likeness (QED) is 0.629. The maximum Gasteiger partial charge on any atom is 0.299 e. The second kappa shape index (κ2) is 5.24. The number of rotatable bonds is 5. The van der Waals surface area contributed by atoms with E-state index in [1.165, 1.54) is 12.1 Å². The Hall–Kier alpha value is -2.18. The Morgan fingerprint density at radius 1 is 1.29 bits per heavy atom. The molecule has 0 heterocycles. The molecule has 0 bridgehead atoms. The first-order valence-corrected chi connectivity index (χ1v) is 5.15. The summed E-state index contributed by atoms with van der Waals surface area (Å²) in [6.07, 6.45) is 0.800. The molecule has 92 valence electrons. The van der Waals surface area contributed by atoms with Gasteiger partial charge in [0.2, 0.25) is 0 Å². The number of nitro groups is 2. The summed E-state index contributed by atoms with van der Waals surface area (Å²) in [6.45, 7) is 3.82. The van der Waals surface area contributed by atoms with E-state index in [2.05, 4.69) is 5.32 Å². The van der Waals surface area contributed by atoms with Crippen LogP contribution in [0.5, 0.6) is 0 Å². The van der Waals surface area contributed by atoms with Gasteiger partial charge in [0.05, 0.1) is 15.9 Å². The zero-order valence-corrected chi connectivity index (χ0v) is 9.54. The van der Waals surface area contributed by atoms with Crippen molar-refractivity contribution in [3.63, 3.8) is 0 Å². The van der Waals surface area contributed by atoms with Crippen molar-refractivity contribution in [1.82, 2.24) is 0 Å². The van der Waals surface area contributed by atoms with Crippen LogP contribution in [-0.4, -0.2) is 15.9 Å². The fraction of sp³-hybridized carbons (Fsp3) is 0.400. The average Bonchev–Trinajstić information content (AvgIpc) is 2.28. The Morgan fingerprint density at radius 3 is 2.41 bits per heavy atom. The smallest absolute Gasteiger partial charge is 0.299 e. The van der Waals surface area contributed by atoms with Crippen LogP contribution in [0.15, 0.2) is 18.2 Å². The summed E-state index contributed by atoms with van der Waals surface area (Å²) in [5.41, 5.74) is -0.263. The number of nitro benzene ring substituents is 2. The van der Waals surface area contributed by atoms with Gasteiger partial charge in [0.15, 0.2) is 0 Å². The normalized spacial score (nSPS) is 11.9. The van der Waals surface area contributed by atoms with Gasteiger partial charge in [0, 0.05) is 12.1 Å². The molecule has 0 amide bonds. The number of non-ortho nitro benzene ring substituents is 1. The lowest BCUT2D eigenvalue weighted by Crippen LogP contribution is -2.14. The Labute approximate surface area is 97.7 Å². The lowest BCUT2D eigenvalue weighted by Gasteiger charge is -2.12. The van der Waals surface area contributed by atoms with Crippen LogP contribution in [0.3, 0.4) is 0 Å². The number of hydrogen-bond donors (Lipinski definition) is 1. The molecule has 1 aromatic rings. The molecule has 1 atom stereocenters. The van der Waals surface area contributed by atoms with Gasteiger partial charge in [0.1, 0.15) is 5.69 Å². The molecule has 0 aliphatic carbocycles. The first kappa shape index (κ1) is 12.9. The molecular formula is C10H13N3O4. The van der Waals surface area contributed by atoms with Crippen LogP contribution in [0.2, 0.25) is 0 Å². The van der Waals surface area contributed by atoms with Crippen molar-refractivity contribution in [3.8, 4) is 0 Å². The molecule has 7 heteroatoms. The SMILES string of the molecule is CC[C@H](C)Nc1ccc([N+](=O)[O-])cc1[N+](=O)[O-]. The minimum absolute atomic E-state index is 0.0650. The van der Waals surface area contributed by atoms with E-state index in [9.17, 15) is 20.2 Å². The molecular weight excluding hydrogens is 226 g/mol. The zero-order chi connectivity index (χ0) is 13.0. The summed E-state index contributed by atoms with van der Waals surface area (Å²) < 4.78 is 0. The monoisotopic (exact) mass is 239 g/mol. The molecule has 17 heavy (non-hydrogen) atoms. The largest absolute Gasteiger partial charge is 0.377 e. The van der Waals surface area contributed by atoms with E-state index < -0.39 is 9.85 Å². The Balaban J connectivity index is 3.13. The highest BCUT2D eigenvalue weighted by Gasteiger charge is 2.19. The Kier molecular flexibility index (Phi) is 3.97. The topological polar surface area (TPSA) is 98.3 Å². The van der Waals surface area contributed by atoms with Crippen molar-refractivity contribution in [2.75, 3.05) is 5.32 Å². The van der Waals surface area contributed by atoms with Gasteiger partial charge in [-0.3, -0.25) is 20.2 Å². The molecule has 0 unspecified atom stereocenters. The van der Waals surface area contributed by atoms with Crippen LogP contribution in [-0.2, 0) is 0 Å². The number of benzene rings is 1. The van der Waals surface area contributed by atoms with Gasteiger partial charge in [0.25, 0.3) is 11.4 Å². The highest BCUT2D eigenvalue weighted by molar-refractivity contribution is 5.65. The van der Waals surface area contributed by atoms with Crippen LogP contribution in [0, 0.1) is 20.2 Å². The van der Waals surface area contributed by atoms with Gasteiger partial charge in [-0.05, 0) is 19.4 Å². The molecule has 0 fully saturated rings. The first-order valence-electron chi connectivity index (χ1n) is 5.15. The fourth-order valence-electron chi connectivity index (χ4n) is 1.27. The zero-order valence-electron chi connectivity index (χ0n) is 9.54. The maximum atomic E-state index is 10.8. The maximum absolute atomic E-state index is 10.8. The summed E-state index contributed by atoms with van der Waals surface area (Å²) in [5.74, 6) is 0. The third kappa shape index (κ3) is 3.13. The van der Waals surface area contributed by atoms with Crippen LogP contribution in [0.4, 0.5) is 17.1 Å². The minimum Gasteiger partial charge on any atom is -0.377 e. The molecule has 0 spiro atoms. The van der Waals surface area contributed by atoms with Crippen molar-refractivity contribution in [2.24, 2.45) is 0 Å². The highest BCUT2D eigenvalue weighted by Crippen LogP contribution is 2.29. The number of nitrogens with zero attached hydrogens (tertiary/aromatic N) is 2. The molecule has 0 saturated carbocycles. The predicted molar refractivity (Wildman–Crippen MR) is 63.1 cm³/mol. The lowest BCUT2D eigenvalue weighted by atomic mass is 10.2. The van der Waals surface area contributed by atoms with Crippen molar-refractivity contribution in [2.45, 2.75) is 26.3 Å². The van der Waals surface area contributed by atoms with Gasteiger partial charge >= 0.3 is 0 Å². The molecule has 0 aromatic heterocycles. The summed E-state index contributed by atoms with van der Waals surface area (Å²) in [7, 11) is 0. The van der Waals surface area contributed by atoms with Gasteiger partial charge < -0.3 is 5.32 Å². The van der Waals surface area contributed by atoms with Crippen molar-refractivity contribution >= 4 is 17.1 Å². The van der Waals surface area contributed by atoms with Crippen LogP contribution in [0.1, 0.15) is 20.3 Å². The molecule has 0 aliphatic rings. The highest BCUT2D eigenvalue weighted by atomic mass is 16.6. The molecule has 0 saturated heterocycles. The number of hydrogen-bond acceptors (Lipinski definition) is 5. The number of nitrogens with one attached hydrogen (secondary N) is 1. The third-order valence-corrected chi connectivity index (χ3v) is 2.40. The van der Waals surface area contributed by atoms with E-state index in [0.717, 1.165) is 12.5 Å². The summed E-state index contributed by atoms with van der Waals surface area (Å²) >= 11 is 0. The van der Waals surface area contributed by atoms with Crippen molar-refractivity contribution < 1.29 is 9.85 Å². The van der Waals surface area contributed by atoms with Crippen molar-refractivity contribution in [1.29, 1.82) is 0 Å². The molecule has 0 radical (unpaired) electrons. The summed E-state index contributed by atoms with van der Waals surface area (Å²) in [5, 5.41) is 24.3. The summed E-state index contributed by atoms with van der Waals surface area (Å²) in [4.78, 5) is 20.1. The lowest BCUT2D eigenvalue weighted by molar-refractivity contribution is -0.393. The second-order valence-corrected chi connectivity index (χ2v) is 3.67. The second-order valence-electron chi connectivity index (χ2n) is 3.67. The van der Waals surface area contributed by atoms with E-state index in [0.29, 0.717) is 5.69 Å². The van der Waals surface area contributed by atoms with Crippen LogP contribution in [0.25, 0.3) is 0 Å².